The van der Waals surface area contributed by atoms with Crippen LogP contribution in [-0.4, -0.2) is 57.6 Å². The van der Waals surface area contributed by atoms with E-state index in [2.05, 4.69) is 10.2 Å². The summed E-state index contributed by atoms with van der Waals surface area (Å²) in [5.41, 5.74) is 1.86. The first-order valence-electron chi connectivity index (χ1n) is 8.87. The molecule has 1 fully saturated rings. The molecule has 1 amide bonds. The van der Waals surface area contributed by atoms with Crippen molar-refractivity contribution in [3.8, 4) is 17.3 Å². The number of aryl methyl sites for hydroxylation is 1. The third kappa shape index (κ3) is 3.94. The number of furan rings is 1. The van der Waals surface area contributed by atoms with Gasteiger partial charge in [-0.15, -0.1) is 10.2 Å². The van der Waals surface area contributed by atoms with Gasteiger partial charge < -0.3 is 14.1 Å². The number of thioether (sulfide) groups is 1. The van der Waals surface area contributed by atoms with E-state index in [0.29, 0.717) is 48.1 Å². The number of halogens is 1. The normalized spacial score (nSPS) is 14.4. The minimum atomic E-state index is 0.0604. The van der Waals surface area contributed by atoms with Crippen molar-refractivity contribution in [3.63, 3.8) is 0 Å². The number of benzene rings is 1. The first-order valence-corrected chi connectivity index (χ1v) is 10.2. The van der Waals surface area contributed by atoms with Gasteiger partial charge in [-0.1, -0.05) is 29.4 Å². The molecular weight excluding hydrogens is 400 g/mol. The molecule has 7 nitrogen and oxygen atoms in total. The van der Waals surface area contributed by atoms with Crippen LogP contribution >= 0.6 is 23.4 Å². The molecule has 2 aromatic heterocycles. The van der Waals surface area contributed by atoms with Crippen molar-refractivity contribution < 1.29 is 13.9 Å². The summed E-state index contributed by atoms with van der Waals surface area (Å²) in [6.07, 6.45) is 1.59. The zero-order valence-electron chi connectivity index (χ0n) is 15.3. The van der Waals surface area contributed by atoms with Crippen molar-refractivity contribution in [1.82, 2.24) is 19.7 Å². The zero-order valence-corrected chi connectivity index (χ0v) is 16.9. The van der Waals surface area contributed by atoms with E-state index in [1.54, 1.807) is 12.3 Å². The lowest BCUT2D eigenvalue weighted by Gasteiger charge is -2.26. The lowest BCUT2D eigenvalue weighted by Crippen LogP contribution is -2.41. The minimum absolute atomic E-state index is 0.0604. The van der Waals surface area contributed by atoms with Crippen LogP contribution in [0.5, 0.6) is 0 Å². The molecule has 28 heavy (non-hydrogen) atoms. The highest BCUT2D eigenvalue weighted by Crippen LogP contribution is 2.31. The standard InChI is InChI=1S/C19H19ClN4O3S/c1-13-4-5-14(20)11-15(13)24-18(16-3-2-8-27-16)21-22-19(24)28-12-17(25)23-6-9-26-10-7-23/h2-5,8,11H,6-7,9-10,12H2,1H3. The molecule has 4 rings (SSSR count). The maximum Gasteiger partial charge on any atom is 0.233 e. The number of carbonyl (C=O) groups is 1. The summed E-state index contributed by atoms with van der Waals surface area (Å²) >= 11 is 7.58. The monoisotopic (exact) mass is 418 g/mol. The number of hydrogen-bond acceptors (Lipinski definition) is 6. The molecule has 0 bridgehead atoms. The van der Waals surface area contributed by atoms with Crippen molar-refractivity contribution in [1.29, 1.82) is 0 Å². The Morgan fingerprint density at radius 3 is 2.82 bits per heavy atom. The van der Waals surface area contributed by atoms with E-state index >= 15 is 0 Å². The Balaban J connectivity index is 1.66. The van der Waals surface area contributed by atoms with Gasteiger partial charge in [-0.2, -0.15) is 0 Å². The molecule has 3 aromatic rings. The molecule has 1 saturated heterocycles. The van der Waals surface area contributed by atoms with E-state index in [9.17, 15) is 4.79 Å². The Kier molecular flexibility index (Phi) is 5.70. The van der Waals surface area contributed by atoms with E-state index in [1.807, 2.05) is 40.7 Å². The quantitative estimate of drug-likeness (QED) is 0.591. The lowest BCUT2D eigenvalue weighted by molar-refractivity contribution is -0.132. The Bertz CT molecular complexity index is 968. The van der Waals surface area contributed by atoms with Crippen molar-refractivity contribution in [2.24, 2.45) is 0 Å². The van der Waals surface area contributed by atoms with Crippen molar-refractivity contribution in [2.75, 3.05) is 32.1 Å². The lowest BCUT2D eigenvalue weighted by atomic mass is 10.2. The van der Waals surface area contributed by atoms with Crippen molar-refractivity contribution in [2.45, 2.75) is 12.1 Å². The third-order valence-electron chi connectivity index (χ3n) is 4.48. The molecule has 0 atom stereocenters. The molecule has 1 aliphatic rings. The number of ether oxygens (including phenoxy) is 1. The van der Waals surface area contributed by atoms with E-state index in [0.717, 1.165) is 11.3 Å². The summed E-state index contributed by atoms with van der Waals surface area (Å²) < 4.78 is 12.7. The number of morpholine rings is 1. The van der Waals surface area contributed by atoms with Gasteiger partial charge in [0, 0.05) is 18.1 Å². The fraction of sp³-hybridized carbons (Fsp3) is 0.316. The molecular formula is C19H19ClN4O3S. The van der Waals surface area contributed by atoms with E-state index in [4.69, 9.17) is 20.8 Å². The van der Waals surface area contributed by atoms with Crippen LogP contribution in [0.3, 0.4) is 0 Å². The molecule has 1 aromatic carbocycles. The Hall–Kier alpha value is -2.29. The number of aromatic nitrogens is 3. The SMILES string of the molecule is Cc1ccc(Cl)cc1-n1c(SCC(=O)N2CCOCC2)nnc1-c1ccco1. The molecule has 9 heteroatoms. The molecule has 1 aliphatic heterocycles. The molecule has 0 aliphatic carbocycles. The summed E-state index contributed by atoms with van der Waals surface area (Å²) in [7, 11) is 0. The fourth-order valence-corrected chi connectivity index (χ4v) is 4.01. The summed E-state index contributed by atoms with van der Waals surface area (Å²) in [6, 6.07) is 9.27. The maximum absolute atomic E-state index is 12.5. The van der Waals surface area contributed by atoms with Crippen LogP contribution in [0.4, 0.5) is 0 Å². The van der Waals surface area contributed by atoms with Crippen LogP contribution in [0.25, 0.3) is 17.3 Å². The summed E-state index contributed by atoms with van der Waals surface area (Å²) in [5, 5.41) is 9.84. The van der Waals surface area contributed by atoms with Gasteiger partial charge >= 0.3 is 0 Å². The Morgan fingerprint density at radius 2 is 2.07 bits per heavy atom. The van der Waals surface area contributed by atoms with Gasteiger partial charge in [0.05, 0.1) is 30.9 Å². The van der Waals surface area contributed by atoms with Crippen LogP contribution < -0.4 is 0 Å². The van der Waals surface area contributed by atoms with Crippen LogP contribution in [-0.2, 0) is 9.53 Å². The van der Waals surface area contributed by atoms with Gasteiger partial charge in [0.2, 0.25) is 11.7 Å². The van der Waals surface area contributed by atoms with E-state index < -0.39 is 0 Å². The van der Waals surface area contributed by atoms with Gasteiger partial charge in [-0.25, -0.2) is 0 Å². The average molecular weight is 419 g/mol. The van der Waals surface area contributed by atoms with Gasteiger partial charge in [-0.3, -0.25) is 9.36 Å². The third-order valence-corrected chi connectivity index (χ3v) is 5.62. The van der Waals surface area contributed by atoms with Gasteiger partial charge in [0.25, 0.3) is 0 Å². The fourth-order valence-electron chi connectivity index (χ4n) is 3.00. The average Bonchev–Trinajstić information content (AvgIpc) is 3.38. The largest absolute Gasteiger partial charge is 0.461 e. The minimum Gasteiger partial charge on any atom is -0.461 e. The smallest absolute Gasteiger partial charge is 0.233 e. The van der Waals surface area contributed by atoms with Gasteiger partial charge in [0.15, 0.2) is 10.9 Å². The number of amides is 1. The number of carbonyl (C=O) groups excluding carboxylic acids is 1. The molecule has 146 valence electrons. The molecule has 3 heterocycles. The summed E-state index contributed by atoms with van der Waals surface area (Å²) in [5.74, 6) is 1.50. The van der Waals surface area contributed by atoms with Crippen molar-refractivity contribution in [3.05, 3.63) is 47.2 Å². The highest BCUT2D eigenvalue weighted by atomic mass is 35.5. The molecule has 0 N–H and O–H groups in total. The van der Waals surface area contributed by atoms with Crippen LogP contribution in [0.1, 0.15) is 5.56 Å². The van der Waals surface area contributed by atoms with Crippen LogP contribution in [0.15, 0.2) is 46.2 Å². The van der Waals surface area contributed by atoms with Crippen LogP contribution in [0.2, 0.25) is 5.02 Å². The maximum atomic E-state index is 12.5. The van der Waals surface area contributed by atoms with Gasteiger partial charge in [-0.05, 0) is 36.8 Å². The van der Waals surface area contributed by atoms with Crippen LogP contribution in [0, 0.1) is 6.92 Å². The summed E-state index contributed by atoms with van der Waals surface area (Å²) in [6.45, 7) is 4.40. The number of rotatable bonds is 5. The van der Waals surface area contributed by atoms with Crippen molar-refractivity contribution >= 4 is 29.3 Å². The highest BCUT2D eigenvalue weighted by Gasteiger charge is 2.22. The Morgan fingerprint density at radius 1 is 1.25 bits per heavy atom. The first kappa shape index (κ1) is 19.0. The second kappa shape index (κ2) is 8.38. The molecule has 0 radical (unpaired) electrons. The first-order chi connectivity index (χ1) is 13.6. The van der Waals surface area contributed by atoms with E-state index in [1.165, 1.54) is 11.8 Å². The topological polar surface area (TPSA) is 73.4 Å². The molecule has 0 unspecified atom stereocenters. The Labute approximate surface area is 171 Å². The number of nitrogens with zero attached hydrogens (tertiary/aromatic N) is 4. The zero-order chi connectivity index (χ0) is 19.5. The molecule has 0 saturated carbocycles. The molecule has 0 spiro atoms. The predicted octanol–water partition coefficient (Wildman–Crippen LogP) is 3.44. The highest BCUT2D eigenvalue weighted by molar-refractivity contribution is 7.99. The van der Waals surface area contributed by atoms with Gasteiger partial charge in [0.1, 0.15) is 0 Å². The number of hydrogen-bond donors (Lipinski definition) is 0. The second-order valence-corrected chi connectivity index (χ2v) is 7.71. The predicted molar refractivity (Wildman–Crippen MR) is 107 cm³/mol. The second-order valence-electron chi connectivity index (χ2n) is 6.33. The van der Waals surface area contributed by atoms with E-state index in [-0.39, 0.29) is 11.7 Å². The summed E-state index contributed by atoms with van der Waals surface area (Å²) in [4.78, 5) is 14.3.